The molecule has 3 atom stereocenters. The third kappa shape index (κ3) is 5.47. The molecule has 1 fully saturated rings. The standard InChI is InChI=1S/C23H34N2O6Si/c1-23(2,3)32(4,5)31-19-13-18(14-26)30-21(19)24-12-11-20(27)25(22(24)28)16-29-15-17-9-7-6-8-10-17/h6-12,18-19,21,26H,13-16H2,1-5H3/t18-,19+,21+/m0/s1. The Balaban J connectivity index is 1.84. The summed E-state index contributed by atoms with van der Waals surface area (Å²) in [4.78, 5) is 25.6. The molecule has 0 amide bonds. The van der Waals surface area contributed by atoms with Crippen molar-refractivity contribution in [1.29, 1.82) is 0 Å². The van der Waals surface area contributed by atoms with Crippen LogP contribution in [0.4, 0.5) is 0 Å². The Labute approximate surface area is 189 Å². The Hall–Kier alpha value is -2.04. The molecule has 0 radical (unpaired) electrons. The lowest BCUT2D eigenvalue weighted by Crippen LogP contribution is -2.47. The number of ether oxygens (including phenoxy) is 2. The van der Waals surface area contributed by atoms with Crippen LogP contribution >= 0.6 is 0 Å². The zero-order valence-electron chi connectivity index (χ0n) is 19.5. The van der Waals surface area contributed by atoms with Crippen LogP contribution in [-0.4, -0.2) is 41.4 Å². The highest BCUT2D eigenvalue weighted by atomic mass is 28.4. The molecule has 176 valence electrons. The highest BCUT2D eigenvalue weighted by Gasteiger charge is 2.45. The second kappa shape index (κ2) is 9.84. The zero-order valence-corrected chi connectivity index (χ0v) is 20.5. The Morgan fingerprint density at radius 3 is 2.47 bits per heavy atom. The highest BCUT2D eigenvalue weighted by Crippen LogP contribution is 2.41. The van der Waals surface area contributed by atoms with E-state index in [1.54, 1.807) is 0 Å². The number of benzene rings is 1. The molecule has 2 aromatic rings. The minimum atomic E-state index is -2.16. The predicted molar refractivity (Wildman–Crippen MR) is 124 cm³/mol. The monoisotopic (exact) mass is 462 g/mol. The maximum atomic E-state index is 13.2. The van der Waals surface area contributed by atoms with Crippen molar-refractivity contribution in [3.8, 4) is 0 Å². The summed E-state index contributed by atoms with van der Waals surface area (Å²) in [5, 5.41) is 9.64. The zero-order chi connectivity index (χ0) is 23.5. The molecule has 1 aromatic heterocycles. The summed E-state index contributed by atoms with van der Waals surface area (Å²) < 4.78 is 20.6. The van der Waals surface area contributed by atoms with Gasteiger partial charge in [-0.25, -0.2) is 9.36 Å². The van der Waals surface area contributed by atoms with Gasteiger partial charge >= 0.3 is 5.69 Å². The van der Waals surface area contributed by atoms with E-state index in [-0.39, 0.29) is 25.0 Å². The minimum Gasteiger partial charge on any atom is -0.409 e. The highest BCUT2D eigenvalue weighted by molar-refractivity contribution is 6.74. The van der Waals surface area contributed by atoms with Crippen LogP contribution in [0.25, 0.3) is 0 Å². The molecule has 1 aliphatic rings. The topological polar surface area (TPSA) is 91.9 Å². The number of aliphatic hydroxyl groups is 1. The van der Waals surface area contributed by atoms with Crippen molar-refractivity contribution in [2.45, 2.75) is 77.1 Å². The molecule has 2 heterocycles. The molecule has 0 saturated carbocycles. The number of aromatic nitrogens is 2. The SMILES string of the molecule is CC(C)(C)[Si](C)(C)O[C@@H]1C[C@@H](CO)O[C@H]1n1ccc(=O)n(COCc2ccccc2)c1=O. The second-order valence-corrected chi connectivity index (χ2v) is 14.5. The smallest absolute Gasteiger partial charge is 0.335 e. The Bertz CT molecular complexity index is 1010. The normalized spacial score (nSPS) is 21.8. The first kappa shape index (κ1) is 24.6. The van der Waals surface area contributed by atoms with Gasteiger partial charge in [0.05, 0.1) is 25.4 Å². The van der Waals surface area contributed by atoms with Crippen LogP contribution < -0.4 is 11.2 Å². The van der Waals surface area contributed by atoms with E-state index in [1.165, 1.54) is 16.8 Å². The number of hydrogen-bond acceptors (Lipinski definition) is 6. The summed E-state index contributed by atoms with van der Waals surface area (Å²) in [6, 6.07) is 10.9. The maximum absolute atomic E-state index is 13.2. The maximum Gasteiger partial charge on any atom is 0.335 e. The molecule has 1 N–H and O–H groups in total. The average molecular weight is 463 g/mol. The van der Waals surface area contributed by atoms with Gasteiger partial charge < -0.3 is 19.0 Å². The van der Waals surface area contributed by atoms with Crippen molar-refractivity contribution < 1.29 is 19.0 Å². The lowest BCUT2D eigenvalue weighted by Gasteiger charge is -2.39. The first-order chi connectivity index (χ1) is 15.0. The first-order valence-electron chi connectivity index (χ1n) is 10.9. The lowest BCUT2D eigenvalue weighted by atomic mass is 10.2. The third-order valence-electron chi connectivity index (χ3n) is 6.30. The van der Waals surface area contributed by atoms with E-state index >= 15 is 0 Å². The van der Waals surface area contributed by atoms with E-state index < -0.39 is 38.0 Å². The molecular weight excluding hydrogens is 428 g/mol. The van der Waals surface area contributed by atoms with Gasteiger partial charge in [0, 0.05) is 18.7 Å². The molecule has 1 saturated heterocycles. The largest absolute Gasteiger partial charge is 0.409 e. The van der Waals surface area contributed by atoms with Gasteiger partial charge in [-0.2, -0.15) is 0 Å². The predicted octanol–water partition coefficient (Wildman–Crippen LogP) is 2.85. The first-order valence-corrected chi connectivity index (χ1v) is 13.8. The van der Waals surface area contributed by atoms with Crippen LogP contribution in [0.15, 0.2) is 52.2 Å². The fourth-order valence-electron chi connectivity index (χ4n) is 3.41. The Morgan fingerprint density at radius 2 is 1.84 bits per heavy atom. The summed E-state index contributed by atoms with van der Waals surface area (Å²) in [6.45, 7) is 10.7. The van der Waals surface area contributed by atoms with Crippen molar-refractivity contribution in [1.82, 2.24) is 9.13 Å². The van der Waals surface area contributed by atoms with Gasteiger partial charge in [0.25, 0.3) is 5.56 Å². The van der Waals surface area contributed by atoms with Gasteiger partial charge in [-0.05, 0) is 23.7 Å². The van der Waals surface area contributed by atoms with Crippen molar-refractivity contribution in [2.75, 3.05) is 6.61 Å². The molecule has 3 rings (SSSR count). The molecule has 32 heavy (non-hydrogen) atoms. The van der Waals surface area contributed by atoms with Gasteiger partial charge in [-0.3, -0.25) is 9.36 Å². The Morgan fingerprint density at radius 1 is 1.16 bits per heavy atom. The fraction of sp³-hybridized carbons (Fsp3) is 0.565. The molecule has 1 aromatic carbocycles. The quantitative estimate of drug-likeness (QED) is 0.607. The van der Waals surface area contributed by atoms with Crippen molar-refractivity contribution in [2.24, 2.45) is 0 Å². The van der Waals surface area contributed by atoms with E-state index in [0.29, 0.717) is 6.42 Å². The van der Waals surface area contributed by atoms with Crippen LogP contribution in [0.5, 0.6) is 0 Å². The molecule has 0 bridgehead atoms. The summed E-state index contributed by atoms with van der Waals surface area (Å²) in [5.41, 5.74) is -0.0274. The van der Waals surface area contributed by atoms with Crippen LogP contribution in [-0.2, 0) is 27.2 Å². The number of nitrogens with zero attached hydrogens (tertiary/aromatic N) is 2. The number of hydrogen-bond donors (Lipinski definition) is 1. The van der Waals surface area contributed by atoms with Crippen molar-refractivity contribution in [3.05, 3.63) is 69.0 Å². The van der Waals surface area contributed by atoms with E-state index in [9.17, 15) is 14.7 Å². The van der Waals surface area contributed by atoms with Gasteiger partial charge in [0.2, 0.25) is 0 Å². The summed E-state index contributed by atoms with van der Waals surface area (Å²) in [7, 11) is -2.16. The van der Waals surface area contributed by atoms with Crippen molar-refractivity contribution >= 4 is 8.32 Å². The summed E-state index contributed by atoms with van der Waals surface area (Å²) in [6.07, 6.45) is 0.349. The van der Waals surface area contributed by atoms with Gasteiger partial charge in [0.1, 0.15) is 6.73 Å². The van der Waals surface area contributed by atoms with Crippen LogP contribution in [0.3, 0.4) is 0 Å². The second-order valence-electron chi connectivity index (χ2n) is 9.72. The van der Waals surface area contributed by atoms with Gasteiger partial charge in [-0.15, -0.1) is 0 Å². The fourth-order valence-corrected chi connectivity index (χ4v) is 4.74. The molecule has 0 aliphatic carbocycles. The van der Waals surface area contributed by atoms with Gasteiger partial charge in [-0.1, -0.05) is 51.1 Å². The minimum absolute atomic E-state index is 0.0239. The van der Waals surface area contributed by atoms with Crippen LogP contribution in [0, 0.1) is 0 Å². The Kier molecular flexibility index (Phi) is 7.56. The van der Waals surface area contributed by atoms with E-state index in [0.717, 1.165) is 10.1 Å². The molecule has 8 nitrogen and oxygen atoms in total. The molecule has 0 spiro atoms. The number of aliphatic hydroxyl groups excluding tert-OH is 1. The molecular formula is C23H34N2O6Si. The van der Waals surface area contributed by atoms with E-state index in [4.69, 9.17) is 13.9 Å². The molecule has 0 unspecified atom stereocenters. The summed E-state index contributed by atoms with van der Waals surface area (Å²) >= 11 is 0. The van der Waals surface area contributed by atoms with Gasteiger partial charge in [0.15, 0.2) is 14.5 Å². The summed E-state index contributed by atoms with van der Waals surface area (Å²) in [5.74, 6) is 0. The average Bonchev–Trinajstić information content (AvgIpc) is 3.12. The molecule has 1 aliphatic heterocycles. The number of rotatable bonds is 8. The van der Waals surface area contributed by atoms with Crippen LogP contribution in [0.1, 0.15) is 39.0 Å². The van der Waals surface area contributed by atoms with E-state index in [2.05, 4.69) is 33.9 Å². The molecule has 9 heteroatoms. The van der Waals surface area contributed by atoms with Crippen LogP contribution in [0.2, 0.25) is 18.1 Å². The third-order valence-corrected chi connectivity index (χ3v) is 10.8. The van der Waals surface area contributed by atoms with Crippen molar-refractivity contribution in [3.63, 3.8) is 0 Å². The van der Waals surface area contributed by atoms with E-state index in [1.807, 2.05) is 30.3 Å². The lowest BCUT2D eigenvalue weighted by molar-refractivity contribution is -0.0522.